The molecule has 2 aromatic heterocycles. The normalized spacial score (nSPS) is 14.8. The zero-order chi connectivity index (χ0) is 24.6. The molecular weight excluding hydrogens is 466 g/mol. The van der Waals surface area contributed by atoms with Crippen LogP contribution in [0.5, 0.6) is 0 Å². The Morgan fingerprint density at radius 3 is 2.63 bits per heavy atom. The lowest BCUT2D eigenvalue weighted by Gasteiger charge is -2.25. The van der Waals surface area contributed by atoms with E-state index < -0.39 is 18.1 Å². The summed E-state index contributed by atoms with van der Waals surface area (Å²) in [5, 5.41) is 5.31. The van der Waals surface area contributed by atoms with E-state index in [1.54, 1.807) is 12.3 Å². The number of amides is 2. The van der Waals surface area contributed by atoms with E-state index in [9.17, 15) is 14.4 Å². The Hall–Kier alpha value is -3.46. The second-order valence-corrected chi connectivity index (χ2v) is 9.67. The largest absolute Gasteiger partial charge is 0.461 e. The molecule has 184 valence electrons. The molecule has 1 aromatic carbocycles. The van der Waals surface area contributed by atoms with Crippen molar-refractivity contribution in [2.24, 2.45) is 0 Å². The number of nitrogens with one attached hydrogen (secondary N) is 2. The predicted molar refractivity (Wildman–Crippen MR) is 133 cm³/mol. The summed E-state index contributed by atoms with van der Waals surface area (Å²) >= 11 is 1.34. The molecule has 0 unspecified atom stereocenters. The maximum absolute atomic E-state index is 12.9. The van der Waals surface area contributed by atoms with Crippen molar-refractivity contribution in [3.63, 3.8) is 0 Å². The highest BCUT2D eigenvalue weighted by Crippen LogP contribution is 2.26. The fourth-order valence-corrected chi connectivity index (χ4v) is 4.99. The van der Waals surface area contributed by atoms with Crippen molar-refractivity contribution in [3.8, 4) is 0 Å². The van der Waals surface area contributed by atoms with E-state index in [1.165, 1.54) is 11.3 Å². The number of hydrogen-bond acceptors (Lipinski definition) is 7. The van der Waals surface area contributed by atoms with Crippen molar-refractivity contribution in [2.75, 3.05) is 6.54 Å². The van der Waals surface area contributed by atoms with Gasteiger partial charge in [0, 0.05) is 12.7 Å². The minimum atomic E-state index is -1.07. The van der Waals surface area contributed by atoms with E-state index in [1.807, 2.05) is 43.3 Å². The van der Waals surface area contributed by atoms with Crippen LogP contribution in [0.2, 0.25) is 0 Å². The number of aromatic nitrogens is 1. The van der Waals surface area contributed by atoms with Gasteiger partial charge in [-0.2, -0.15) is 0 Å². The van der Waals surface area contributed by atoms with E-state index in [-0.39, 0.29) is 25.2 Å². The highest BCUT2D eigenvalue weighted by atomic mass is 32.1. The first kappa shape index (κ1) is 24.7. The fourth-order valence-electron chi connectivity index (χ4n) is 3.99. The van der Waals surface area contributed by atoms with Crippen molar-refractivity contribution < 1.29 is 23.9 Å². The molecule has 0 aliphatic heterocycles. The SMILES string of the molecule is Cc1ccnc2cc(C(=O)NC[C@@H](NC(=O)OCc3ccccc3)C(=O)OC3CCCCC3)sc12. The number of alkyl carbamates (subject to hydrolysis) is 1. The second-order valence-electron chi connectivity index (χ2n) is 8.62. The number of hydrogen-bond donors (Lipinski definition) is 2. The van der Waals surface area contributed by atoms with Gasteiger partial charge in [-0.1, -0.05) is 36.8 Å². The summed E-state index contributed by atoms with van der Waals surface area (Å²) in [5.74, 6) is -0.926. The molecule has 3 aromatic rings. The number of thiophene rings is 1. The van der Waals surface area contributed by atoms with Gasteiger partial charge in [0.1, 0.15) is 18.8 Å². The van der Waals surface area contributed by atoms with E-state index >= 15 is 0 Å². The third kappa shape index (κ3) is 6.79. The van der Waals surface area contributed by atoms with Gasteiger partial charge in [-0.05, 0) is 55.9 Å². The zero-order valence-corrected chi connectivity index (χ0v) is 20.4. The molecule has 0 saturated heterocycles. The number of fused-ring (bicyclic) bond motifs is 1. The maximum atomic E-state index is 12.9. The quantitative estimate of drug-likeness (QED) is 0.446. The molecule has 1 saturated carbocycles. The third-order valence-corrected chi connectivity index (χ3v) is 7.18. The summed E-state index contributed by atoms with van der Waals surface area (Å²) in [6.45, 7) is 1.91. The minimum absolute atomic E-state index is 0.0670. The van der Waals surface area contributed by atoms with Crippen LogP contribution in [0.3, 0.4) is 0 Å². The van der Waals surface area contributed by atoms with Gasteiger partial charge in [0.25, 0.3) is 5.91 Å². The van der Waals surface area contributed by atoms with Gasteiger partial charge >= 0.3 is 12.1 Å². The Bertz CT molecular complexity index is 1170. The Morgan fingerprint density at radius 1 is 1.11 bits per heavy atom. The van der Waals surface area contributed by atoms with Gasteiger partial charge in [0.2, 0.25) is 0 Å². The van der Waals surface area contributed by atoms with Gasteiger partial charge in [-0.15, -0.1) is 11.3 Å². The van der Waals surface area contributed by atoms with Crippen molar-refractivity contribution in [1.82, 2.24) is 15.6 Å². The number of benzene rings is 1. The Kier molecular flexibility index (Phi) is 8.31. The van der Waals surface area contributed by atoms with Crippen LogP contribution >= 0.6 is 11.3 Å². The molecule has 2 amide bonds. The summed E-state index contributed by atoms with van der Waals surface area (Å²) in [6, 6.07) is 11.8. The van der Waals surface area contributed by atoms with Gasteiger partial charge in [0.15, 0.2) is 0 Å². The summed E-state index contributed by atoms with van der Waals surface area (Å²) in [5.41, 5.74) is 2.61. The smallest absolute Gasteiger partial charge is 0.408 e. The molecule has 0 bridgehead atoms. The van der Waals surface area contributed by atoms with Crippen LogP contribution in [-0.2, 0) is 20.9 Å². The number of aryl methyl sites for hydroxylation is 1. The number of rotatable bonds is 8. The van der Waals surface area contributed by atoms with Crippen LogP contribution in [0.1, 0.15) is 52.9 Å². The fraction of sp³-hybridized carbons (Fsp3) is 0.385. The predicted octanol–water partition coefficient (Wildman–Crippen LogP) is 4.51. The molecule has 35 heavy (non-hydrogen) atoms. The molecule has 0 spiro atoms. The van der Waals surface area contributed by atoms with Gasteiger partial charge in [-0.3, -0.25) is 9.78 Å². The topological polar surface area (TPSA) is 107 Å². The van der Waals surface area contributed by atoms with Gasteiger partial charge < -0.3 is 20.1 Å². The molecular formula is C26H29N3O5S. The highest BCUT2D eigenvalue weighted by Gasteiger charge is 2.28. The molecule has 1 fully saturated rings. The lowest BCUT2D eigenvalue weighted by atomic mass is 9.98. The van der Waals surface area contributed by atoms with Crippen molar-refractivity contribution in [2.45, 2.75) is 57.8 Å². The average molecular weight is 496 g/mol. The maximum Gasteiger partial charge on any atom is 0.408 e. The van der Waals surface area contributed by atoms with Crippen LogP contribution in [0, 0.1) is 6.92 Å². The molecule has 2 heterocycles. The molecule has 0 radical (unpaired) electrons. The lowest BCUT2D eigenvalue weighted by molar-refractivity contribution is -0.152. The van der Waals surface area contributed by atoms with Crippen molar-refractivity contribution in [1.29, 1.82) is 0 Å². The second kappa shape index (κ2) is 11.8. The Labute approximate surface area is 208 Å². The molecule has 8 nitrogen and oxygen atoms in total. The molecule has 1 aliphatic carbocycles. The minimum Gasteiger partial charge on any atom is -0.461 e. The van der Waals surface area contributed by atoms with Crippen LogP contribution < -0.4 is 10.6 Å². The lowest BCUT2D eigenvalue weighted by Crippen LogP contribution is -2.50. The first-order chi connectivity index (χ1) is 17.0. The molecule has 1 aliphatic rings. The summed E-state index contributed by atoms with van der Waals surface area (Å²) in [6.07, 6.45) is 5.52. The number of esters is 1. The van der Waals surface area contributed by atoms with E-state index in [4.69, 9.17) is 9.47 Å². The van der Waals surface area contributed by atoms with Crippen LogP contribution in [0.4, 0.5) is 4.79 Å². The number of carbonyl (C=O) groups excluding carboxylic acids is 3. The Morgan fingerprint density at radius 2 is 1.89 bits per heavy atom. The number of nitrogens with zero attached hydrogens (tertiary/aromatic N) is 1. The molecule has 1 atom stereocenters. The number of ether oxygens (including phenoxy) is 2. The highest BCUT2D eigenvalue weighted by molar-refractivity contribution is 7.21. The third-order valence-electron chi connectivity index (χ3n) is 5.92. The van der Waals surface area contributed by atoms with E-state index in [0.29, 0.717) is 4.88 Å². The van der Waals surface area contributed by atoms with Crippen LogP contribution in [0.25, 0.3) is 10.2 Å². The monoisotopic (exact) mass is 495 g/mol. The first-order valence-electron chi connectivity index (χ1n) is 11.8. The van der Waals surface area contributed by atoms with Gasteiger partial charge in [-0.25, -0.2) is 9.59 Å². The van der Waals surface area contributed by atoms with Crippen LogP contribution in [0.15, 0.2) is 48.7 Å². The zero-order valence-electron chi connectivity index (χ0n) is 19.6. The first-order valence-corrected chi connectivity index (χ1v) is 12.6. The number of carbonyl (C=O) groups is 3. The van der Waals surface area contributed by atoms with Crippen LogP contribution in [-0.4, -0.2) is 41.6 Å². The van der Waals surface area contributed by atoms with Gasteiger partial charge in [0.05, 0.1) is 15.1 Å². The average Bonchev–Trinajstić information content (AvgIpc) is 3.32. The van der Waals surface area contributed by atoms with Crippen molar-refractivity contribution >= 4 is 39.5 Å². The Balaban J connectivity index is 1.39. The molecule has 2 N–H and O–H groups in total. The molecule has 4 rings (SSSR count). The standard InChI is InChI=1S/C26H29N3O5S/c1-17-12-13-27-20-14-22(35-23(17)20)24(30)28-15-21(25(31)34-19-10-6-3-7-11-19)29-26(32)33-16-18-8-4-2-5-9-18/h2,4-5,8-9,12-14,19,21H,3,6-7,10-11,15-16H2,1H3,(H,28,30)(H,29,32)/t21-/m1/s1. The van der Waals surface area contributed by atoms with Crippen molar-refractivity contribution in [3.05, 3.63) is 64.7 Å². The summed E-state index contributed by atoms with van der Waals surface area (Å²) < 4.78 is 11.9. The van der Waals surface area contributed by atoms with E-state index in [0.717, 1.165) is 53.4 Å². The summed E-state index contributed by atoms with van der Waals surface area (Å²) in [7, 11) is 0. The van der Waals surface area contributed by atoms with E-state index in [2.05, 4.69) is 15.6 Å². The summed E-state index contributed by atoms with van der Waals surface area (Å²) in [4.78, 5) is 42.9. The number of pyridine rings is 1. The molecule has 9 heteroatoms.